The lowest BCUT2D eigenvalue weighted by Crippen LogP contribution is -2.35. The second kappa shape index (κ2) is 8.71. The maximum atomic E-state index is 11.7. The smallest absolute Gasteiger partial charge is 0.303 e. The Kier molecular flexibility index (Phi) is 7.25. The molecule has 0 bridgehead atoms. The predicted molar refractivity (Wildman–Crippen MR) is 80.4 cm³/mol. The van der Waals surface area contributed by atoms with Crippen molar-refractivity contribution in [3.8, 4) is 0 Å². The van der Waals surface area contributed by atoms with Crippen molar-refractivity contribution in [1.29, 1.82) is 0 Å². The molecule has 6 heteroatoms. The number of carboxylic acid groups (broad SMARTS) is 1. The van der Waals surface area contributed by atoms with Crippen LogP contribution in [0.1, 0.15) is 31.4 Å². The van der Waals surface area contributed by atoms with E-state index in [-0.39, 0.29) is 24.9 Å². The van der Waals surface area contributed by atoms with Crippen LogP contribution >= 0.6 is 15.9 Å². The molecule has 110 valence electrons. The molecule has 0 heterocycles. The van der Waals surface area contributed by atoms with Gasteiger partial charge in [0.15, 0.2) is 0 Å². The maximum absolute atomic E-state index is 11.7. The van der Waals surface area contributed by atoms with Crippen LogP contribution in [0.4, 0.5) is 0 Å². The molecule has 0 spiro atoms. The Morgan fingerprint density at radius 1 is 1.30 bits per heavy atom. The van der Waals surface area contributed by atoms with Gasteiger partial charge in [-0.05, 0) is 37.6 Å². The Morgan fingerprint density at radius 2 is 1.95 bits per heavy atom. The van der Waals surface area contributed by atoms with Crippen LogP contribution in [0.15, 0.2) is 28.7 Å². The topological polar surface area (TPSA) is 78.4 Å². The first-order valence-electron chi connectivity index (χ1n) is 6.46. The first-order valence-corrected chi connectivity index (χ1v) is 7.25. The molecule has 0 aliphatic heterocycles. The normalized spacial score (nSPS) is 11.9. The molecule has 0 aliphatic rings. The Balaban J connectivity index is 2.24. The summed E-state index contributed by atoms with van der Waals surface area (Å²) in [5.41, 5.74) is 1.03. The van der Waals surface area contributed by atoms with Crippen molar-refractivity contribution in [2.75, 3.05) is 13.1 Å². The van der Waals surface area contributed by atoms with E-state index in [9.17, 15) is 9.59 Å². The number of carbonyl (C=O) groups excluding carboxylic acids is 1. The van der Waals surface area contributed by atoms with Gasteiger partial charge in [-0.15, -0.1) is 0 Å². The summed E-state index contributed by atoms with van der Waals surface area (Å²) < 4.78 is 1.000. The molecule has 5 nitrogen and oxygen atoms in total. The predicted octanol–water partition coefficient (Wildman–Crippen LogP) is 2.08. The van der Waals surface area contributed by atoms with Crippen molar-refractivity contribution < 1.29 is 14.7 Å². The van der Waals surface area contributed by atoms with Gasteiger partial charge in [-0.25, -0.2) is 0 Å². The van der Waals surface area contributed by atoms with Crippen molar-refractivity contribution >= 4 is 27.8 Å². The molecule has 0 fully saturated rings. The van der Waals surface area contributed by atoms with Gasteiger partial charge in [-0.1, -0.05) is 28.1 Å². The first kappa shape index (κ1) is 16.7. The number of carboxylic acids is 1. The minimum atomic E-state index is -0.819. The summed E-state index contributed by atoms with van der Waals surface area (Å²) in [6, 6.07) is 7.71. The van der Waals surface area contributed by atoms with E-state index in [1.54, 1.807) is 0 Å². The van der Waals surface area contributed by atoms with E-state index in [0.717, 1.165) is 10.0 Å². The third kappa shape index (κ3) is 6.68. The molecule has 0 aromatic heterocycles. The number of rotatable bonds is 8. The fourth-order valence-corrected chi connectivity index (χ4v) is 1.96. The molecular weight excluding hydrogens is 324 g/mol. The van der Waals surface area contributed by atoms with Gasteiger partial charge < -0.3 is 15.7 Å². The molecule has 1 rings (SSSR count). The van der Waals surface area contributed by atoms with Gasteiger partial charge >= 0.3 is 5.97 Å². The number of aliphatic carboxylic acids is 1. The summed E-state index contributed by atoms with van der Waals surface area (Å²) in [5.74, 6) is -0.921. The van der Waals surface area contributed by atoms with Crippen LogP contribution in [0.5, 0.6) is 0 Å². The van der Waals surface area contributed by atoms with E-state index < -0.39 is 5.97 Å². The fraction of sp³-hybridized carbons (Fsp3) is 0.429. The van der Waals surface area contributed by atoms with Crippen LogP contribution in [-0.4, -0.2) is 30.1 Å². The lowest BCUT2D eigenvalue weighted by molar-refractivity contribution is -0.137. The molecule has 1 unspecified atom stereocenters. The van der Waals surface area contributed by atoms with Crippen molar-refractivity contribution in [2.45, 2.75) is 25.8 Å². The summed E-state index contributed by atoms with van der Waals surface area (Å²) in [6.45, 7) is 2.64. The number of nitrogens with one attached hydrogen (secondary N) is 2. The van der Waals surface area contributed by atoms with Gasteiger partial charge in [0.1, 0.15) is 0 Å². The van der Waals surface area contributed by atoms with Gasteiger partial charge in [0.05, 0.1) is 12.6 Å². The van der Waals surface area contributed by atoms with Crippen LogP contribution in [0.25, 0.3) is 0 Å². The highest BCUT2D eigenvalue weighted by Gasteiger charge is 2.08. The SMILES string of the molecule is CC(NC(=O)CNCCCC(=O)O)c1ccc(Br)cc1. The molecule has 1 atom stereocenters. The Labute approximate surface area is 126 Å². The maximum Gasteiger partial charge on any atom is 0.303 e. The molecule has 0 radical (unpaired) electrons. The zero-order chi connectivity index (χ0) is 15.0. The van der Waals surface area contributed by atoms with Crippen LogP contribution in [0, 0.1) is 0 Å². The number of benzene rings is 1. The summed E-state index contributed by atoms with van der Waals surface area (Å²) in [5, 5.41) is 14.3. The molecule has 0 saturated heterocycles. The van der Waals surface area contributed by atoms with Crippen molar-refractivity contribution in [3.63, 3.8) is 0 Å². The van der Waals surface area contributed by atoms with Gasteiger partial charge in [0.25, 0.3) is 0 Å². The average Bonchev–Trinajstić information content (AvgIpc) is 2.38. The highest BCUT2D eigenvalue weighted by molar-refractivity contribution is 9.10. The largest absolute Gasteiger partial charge is 0.481 e. The van der Waals surface area contributed by atoms with Crippen LogP contribution in [-0.2, 0) is 9.59 Å². The van der Waals surface area contributed by atoms with E-state index in [4.69, 9.17) is 5.11 Å². The Bertz CT molecular complexity index is 448. The molecule has 1 aromatic carbocycles. The Hall–Kier alpha value is -1.40. The third-order valence-electron chi connectivity index (χ3n) is 2.78. The standard InChI is InChI=1S/C14H19BrN2O3/c1-10(11-4-6-12(15)7-5-11)17-13(18)9-16-8-2-3-14(19)20/h4-7,10,16H,2-3,8-9H2,1H3,(H,17,18)(H,19,20). The average molecular weight is 343 g/mol. The first-order chi connectivity index (χ1) is 9.49. The summed E-state index contributed by atoms with van der Waals surface area (Å²) in [6.07, 6.45) is 0.634. The van der Waals surface area contributed by atoms with E-state index >= 15 is 0 Å². The summed E-state index contributed by atoms with van der Waals surface area (Å²) >= 11 is 3.37. The van der Waals surface area contributed by atoms with Gasteiger partial charge in [0, 0.05) is 10.9 Å². The monoisotopic (exact) mass is 342 g/mol. The molecule has 0 saturated carbocycles. The number of hydrogen-bond acceptors (Lipinski definition) is 3. The second-order valence-corrected chi connectivity index (χ2v) is 5.43. The Morgan fingerprint density at radius 3 is 2.55 bits per heavy atom. The van der Waals surface area contributed by atoms with Crippen molar-refractivity contribution in [3.05, 3.63) is 34.3 Å². The van der Waals surface area contributed by atoms with E-state index in [0.29, 0.717) is 13.0 Å². The quantitative estimate of drug-likeness (QED) is 0.632. The lowest BCUT2D eigenvalue weighted by Gasteiger charge is -2.14. The molecule has 0 aliphatic carbocycles. The number of halogens is 1. The molecule has 3 N–H and O–H groups in total. The molecule has 20 heavy (non-hydrogen) atoms. The minimum absolute atomic E-state index is 0.0589. The highest BCUT2D eigenvalue weighted by atomic mass is 79.9. The zero-order valence-corrected chi connectivity index (χ0v) is 12.9. The molecule has 1 amide bonds. The fourth-order valence-electron chi connectivity index (χ4n) is 1.69. The van der Waals surface area contributed by atoms with Crippen LogP contribution in [0.3, 0.4) is 0 Å². The van der Waals surface area contributed by atoms with E-state index in [2.05, 4.69) is 26.6 Å². The van der Waals surface area contributed by atoms with Crippen molar-refractivity contribution in [2.24, 2.45) is 0 Å². The van der Waals surface area contributed by atoms with E-state index in [1.807, 2.05) is 31.2 Å². The molecular formula is C14H19BrN2O3. The van der Waals surface area contributed by atoms with Crippen molar-refractivity contribution in [1.82, 2.24) is 10.6 Å². The summed E-state index contributed by atoms with van der Waals surface area (Å²) in [4.78, 5) is 22.0. The van der Waals surface area contributed by atoms with Gasteiger partial charge in [-0.3, -0.25) is 9.59 Å². The minimum Gasteiger partial charge on any atom is -0.481 e. The number of carbonyl (C=O) groups is 2. The summed E-state index contributed by atoms with van der Waals surface area (Å²) in [7, 11) is 0. The van der Waals surface area contributed by atoms with E-state index in [1.165, 1.54) is 0 Å². The number of amides is 1. The van der Waals surface area contributed by atoms with Crippen LogP contribution < -0.4 is 10.6 Å². The molecule has 1 aromatic rings. The second-order valence-electron chi connectivity index (χ2n) is 4.51. The lowest BCUT2D eigenvalue weighted by atomic mass is 10.1. The highest BCUT2D eigenvalue weighted by Crippen LogP contribution is 2.16. The number of hydrogen-bond donors (Lipinski definition) is 3. The van der Waals surface area contributed by atoms with Crippen LogP contribution in [0.2, 0.25) is 0 Å². The zero-order valence-electron chi connectivity index (χ0n) is 11.4. The van der Waals surface area contributed by atoms with Gasteiger partial charge in [-0.2, -0.15) is 0 Å². The van der Waals surface area contributed by atoms with Gasteiger partial charge in [0.2, 0.25) is 5.91 Å². The third-order valence-corrected chi connectivity index (χ3v) is 3.31.